The number of benzene rings is 2. The van der Waals surface area contributed by atoms with Crippen LogP contribution in [0.4, 0.5) is 0 Å². The zero-order valence-corrected chi connectivity index (χ0v) is 15.8. The molecule has 1 fully saturated rings. The Morgan fingerprint density at radius 1 is 1.04 bits per heavy atom. The lowest BCUT2D eigenvalue weighted by atomic mass is 9.96. The van der Waals surface area contributed by atoms with E-state index in [4.69, 9.17) is 21.1 Å². The standard InChI is InChI=1S/C21H19ClO5/c1-25-18-13-14(4-10-19(23)26-2)3-9-17(18)27-20(24)21(11-12-21)15-5-7-16(22)8-6-15/h3-10,13H,11-12H2,1-2H3/b10-4+. The van der Waals surface area contributed by atoms with Crippen LogP contribution in [0, 0.1) is 0 Å². The summed E-state index contributed by atoms with van der Waals surface area (Å²) in [5.74, 6) is -0.0377. The number of halogens is 1. The van der Waals surface area contributed by atoms with Crippen LogP contribution < -0.4 is 9.47 Å². The Labute approximate surface area is 162 Å². The first-order chi connectivity index (χ1) is 13.0. The highest BCUT2D eigenvalue weighted by molar-refractivity contribution is 6.30. The second kappa shape index (κ2) is 7.84. The van der Waals surface area contributed by atoms with Gasteiger partial charge in [-0.1, -0.05) is 29.8 Å². The van der Waals surface area contributed by atoms with Crippen LogP contribution in [-0.4, -0.2) is 26.2 Å². The van der Waals surface area contributed by atoms with Gasteiger partial charge in [-0.25, -0.2) is 4.79 Å². The van der Waals surface area contributed by atoms with Gasteiger partial charge in [0.25, 0.3) is 0 Å². The number of hydrogen-bond acceptors (Lipinski definition) is 5. The minimum atomic E-state index is -0.626. The molecule has 27 heavy (non-hydrogen) atoms. The molecule has 0 atom stereocenters. The predicted molar refractivity (Wildman–Crippen MR) is 102 cm³/mol. The van der Waals surface area contributed by atoms with E-state index in [0.717, 1.165) is 24.0 Å². The minimum Gasteiger partial charge on any atom is -0.493 e. The largest absolute Gasteiger partial charge is 0.493 e. The molecule has 6 heteroatoms. The van der Waals surface area contributed by atoms with Crippen LogP contribution >= 0.6 is 11.6 Å². The Balaban J connectivity index is 1.78. The van der Waals surface area contributed by atoms with Crippen molar-refractivity contribution in [3.63, 3.8) is 0 Å². The first-order valence-electron chi connectivity index (χ1n) is 8.41. The lowest BCUT2D eigenvalue weighted by molar-refractivity contribution is -0.137. The summed E-state index contributed by atoms with van der Waals surface area (Å²) >= 11 is 5.93. The van der Waals surface area contributed by atoms with E-state index in [1.165, 1.54) is 20.3 Å². The number of hydrogen-bond donors (Lipinski definition) is 0. The van der Waals surface area contributed by atoms with Crippen LogP contribution in [0.5, 0.6) is 11.5 Å². The fraction of sp³-hybridized carbons (Fsp3) is 0.238. The average Bonchev–Trinajstić information content (AvgIpc) is 3.49. The molecule has 0 saturated heterocycles. The number of esters is 2. The van der Waals surface area contributed by atoms with E-state index in [1.54, 1.807) is 36.4 Å². The van der Waals surface area contributed by atoms with Gasteiger partial charge in [-0.05, 0) is 54.3 Å². The van der Waals surface area contributed by atoms with Gasteiger partial charge in [0.15, 0.2) is 11.5 Å². The highest BCUT2D eigenvalue weighted by Gasteiger charge is 2.53. The molecular weight excluding hydrogens is 368 g/mol. The summed E-state index contributed by atoms with van der Waals surface area (Å²) in [6, 6.07) is 12.3. The molecule has 0 unspecified atom stereocenters. The molecule has 3 rings (SSSR count). The quantitative estimate of drug-likeness (QED) is 0.423. The first kappa shape index (κ1) is 19.0. The molecule has 0 spiro atoms. The molecule has 0 amide bonds. The molecule has 5 nitrogen and oxygen atoms in total. The number of ether oxygens (including phenoxy) is 3. The van der Waals surface area contributed by atoms with Crippen LogP contribution in [0.15, 0.2) is 48.5 Å². The van der Waals surface area contributed by atoms with Gasteiger partial charge in [0, 0.05) is 11.1 Å². The third-order valence-corrected chi connectivity index (χ3v) is 4.79. The van der Waals surface area contributed by atoms with E-state index in [0.29, 0.717) is 16.5 Å². The molecule has 2 aromatic carbocycles. The molecule has 2 aromatic rings. The zero-order valence-electron chi connectivity index (χ0n) is 15.0. The van der Waals surface area contributed by atoms with Crippen molar-refractivity contribution in [2.75, 3.05) is 14.2 Å². The maximum absolute atomic E-state index is 12.8. The summed E-state index contributed by atoms with van der Waals surface area (Å²) < 4.78 is 15.5. The van der Waals surface area contributed by atoms with E-state index in [2.05, 4.69) is 4.74 Å². The second-order valence-electron chi connectivity index (χ2n) is 6.25. The van der Waals surface area contributed by atoms with Crippen molar-refractivity contribution in [1.29, 1.82) is 0 Å². The molecule has 0 bridgehead atoms. The summed E-state index contributed by atoms with van der Waals surface area (Å²) in [6.07, 6.45) is 4.36. The highest BCUT2D eigenvalue weighted by Crippen LogP contribution is 2.49. The van der Waals surface area contributed by atoms with E-state index in [9.17, 15) is 9.59 Å². The number of carbonyl (C=O) groups excluding carboxylic acids is 2. The molecule has 0 heterocycles. The smallest absolute Gasteiger partial charge is 0.330 e. The van der Waals surface area contributed by atoms with Crippen LogP contribution in [0.3, 0.4) is 0 Å². The second-order valence-corrected chi connectivity index (χ2v) is 6.68. The lowest BCUT2D eigenvalue weighted by Crippen LogP contribution is -2.26. The molecular formula is C21H19ClO5. The Hall–Kier alpha value is -2.79. The van der Waals surface area contributed by atoms with Crippen LogP contribution in [-0.2, 0) is 19.7 Å². The zero-order chi connectivity index (χ0) is 19.4. The molecule has 140 valence electrons. The van der Waals surface area contributed by atoms with Crippen molar-refractivity contribution in [1.82, 2.24) is 0 Å². The normalized spacial score (nSPS) is 14.6. The van der Waals surface area contributed by atoms with Crippen LogP contribution in [0.2, 0.25) is 5.02 Å². The van der Waals surface area contributed by atoms with Gasteiger partial charge in [-0.2, -0.15) is 0 Å². The monoisotopic (exact) mass is 386 g/mol. The summed E-state index contributed by atoms with van der Waals surface area (Å²) in [7, 11) is 2.80. The maximum Gasteiger partial charge on any atom is 0.330 e. The van der Waals surface area contributed by atoms with Gasteiger partial charge in [0.05, 0.1) is 19.6 Å². The Kier molecular flexibility index (Phi) is 5.51. The van der Waals surface area contributed by atoms with Gasteiger partial charge in [-0.3, -0.25) is 4.79 Å². The third-order valence-electron chi connectivity index (χ3n) is 4.54. The number of rotatable bonds is 6. The Morgan fingerprint density at radius 2 is 1.74 bits per heavy atom. The fourth-order valence-electron chi connectivity index (χ4n) is 2.81. The molecule has 0 radical (unpaired) electrons. The van der Waals surface area contributed by atoms with Gasteiger partial charge in [-0.15, -0.1) is 0 Å². The van der Waals surface area contributed by atoms with E-state index >= 15 is 0 Å². The van der Waals surface area contributed by atoms with Crippen molar-refractivity contribution in [3.8, 4) is 11.5 Å². The van der Waals surface area contributed by atoms with Gasteiger partial charge in [0.2, 0.25) is 0 Å². The van der Waals surface area contributed by atoms with E-state index in [-0.39, 0.29) is 5.97 Å². The molecule has 1 aliphatic rings. The van der Waals surface area contributed by atoms with Crippen molar-refractivity contribution >= 4 is 29.6 Å². The molecule has 0 N–H and O–H groups in total. The van der Waals surface area contributed by atoms with E-state index < -0.39 is 11.4 Å². The van der Waals surface area contributed by atoms with Crippen molar-refractivity contribution in [2.24, 2.45) is 0 Å². The summed E-state index contributed by atoms with van der Waals surface area (Å²) in [5, 5.41) is 0.625. The first-order valence-corrected chi connectivity index (χ1v) is 8.79. The highest BCUT2D eigenvalue weighted by atomic mass is 35.5. The summed E-state index contributed by atoms with van der Waals surface area (Å²) in [4.78, 5) is 24.0. The topological polar surface area (TPSA) is 61.8 Å². The summed E-state index contributed by atoms with van der Waals surface area (Å²) in [5.41, 5.74) is 0.989. The molecule has 1 aliphatic carbocycles. The average molecular weight is 387 g/mol. The van der Waals surface area contributed by atoms with Gasteiger partial charge >= 0.3 is 11.9 Å². The number of carbonyl (C=O) groups is 2. The molecule has 0 aromatic heterocycles. The van der Waals surface area contributed by atoms with Crippen molar-refractivity contribution < 1.29 is 23.8 Å². The van der Waals surface area contributed by atoms with Crippen molar-refractivity contribution in [2.45, 2.75) is 18.3 Å². The number of methoxy groups -OCH3 is 2. The van der Waals surface area contributed by atoms with E-state index in [1.807, 2.05) is 12.1 Å². The van der Waals surface area contributed by atoms with Crippen molar-refractivity contribution in [3.05, 3.63) is 64.7 Å². The van der Waals surface area contributed by atoms with Crippen LogP contribution in [0.25, 0.3) is 6.08 Å². The lowest BCUT2D eigenvalue weighted by Gasteiger charge is -2.16. The van der Waals surface area contributed by atoms with Crippen LogP contribution in [0.1, 0.15) is 24.0 Å². The van der Waals surface area contributed by atoms with Gasteiger partial charge < -0.3 is 14.2 Å². The molecule has 1 saturated carbocycles. The Morgan fingerprint density at radius 3 is 2.33 bits per heavy atom. The SMILES string of the molecule is COC(=O)/C=C/c1ccc(OC(=O)C2(c3ccc(Cl)cc3)CC2)c(OC)c1. The Bertz CT molecular complexity index is 882. The maximum atomic E-state index is 12.8. The minimum absolute atomic E-state index is 0.319. The van der Waals surface area contributed by atoms with Gasteiger partial charge in [0.1, 0.15) is 0 Å². The fourth-order valence-corrected chi connectivity index (χ4v) is 2.93. The molecule has 0 aliphatic heterocycles. The summed E-state index contributed by atoms with van der Waals surface area (Å²) in [6.45, 7) is 0. The predicted octanol–water partition coefficient (Wildman–Crippen LogP) is 4.17. The third kappa shape index (κ3) is 4.14.